The molecule has 0 fully saturated rings. The fraction of sp³-hybridized carbons (Fsp3) is 0.333. The first-order valence-electron chi connectivity index (χ1n) is 8.34. The van der Waals surface area contributed by atoms with Crippen LogP contribution in [-0.2, 0) is 13.1 Å². The van der Waals surface area contributed by atoms with Crippen molar-refractivity contribution in [3.63, 3.8) is 0 Å². The highest BCUT2D eigenvalue weighted by Gasteiger charge is 2.11. The SMILES string of the molecule is CCNC(=NCc1cc(C)ccc1OC(F)F)NCc1ccc(C(N)=O)o1. The lowest BCUT2D eigenvalue weighted by Gasteiger charge is -2.13. The number of amides is 1. The summed E-state index contributed by atoms with van der Waals surface area (Å²) in [4.78, 5) is 15.4. The monoisotopic (exact) mass is 380 g/mol. The zero-order chi connectivity index (χ0) is 19.8. The number of ether oxygens (including phenoxy) is 1. The number of furan rings is 1. The molecule has 1 heterocycles. The smallest absolute Gasteiger partial charge is 0.387 e. The minimum absolute atomic E-state index is 0.0716. The molecule has 9 heteroatoms. The minimum atomic E-state index is -2.90. The van der Waals surface area contributed by atoms with Gasteiger partial charge in [-0.1, -0.05) is 17.7 Å². The fourth-order valence-corrected chi connectivity index (χ4v) is 2.32. The van der Waals surface area contributed by atoms with Gasteiger partial charge in [-0.3, -0.25) is 4.79 Å². The van der Waals surface area contributed by atoms with Crippen molar-refractivity contribution in [3.05, 3.63) is 53.0 Å². The highest BCUT2D eigenvalue weighted by atomic mass is 19.3. The molecule has 0 aliphatic heterocycles. The predicted octanol–water partition coefficient (Wildman–Crippen LogP) is 2.54. The van der Waals surface area contributed by atoms with Crippen LogP contribution in [0.25, 0.3) is 0 Å². The molecule has 0 saturated heterocycles. The average Bonchev–Trinajstić information content (AvgIpc) is 3.08. The molecule has 0 aliphatic rings. The molecule has 0 aliphatic carbocycles. The number of hydrogen-bond donors (Lipinski definition) is 3. The molecule has 0 radical (unpaired) electrons. The third kappa shape index (κ3) is 6.28. The summed E-state index contributed by atoms with van der Waals surface area (Å²) < 4.78 is 35.0. The van der Waals surface area contributed by atoms with E-state index in [-0.39, 0.29) is 24.6 Å². The zero-order valence-corrected chi connectivity index (χ0v) is 15.1. The van der Waals surface area contributed by atoms with E-state index in [1.54, 1.807) is 18.2 Å². The molecule has 0 bridgehead atoms. The first-order chi connectivity index (χ1) is 12.9. The molecular formula is C18H22F2N4O3. The van der Waals surface area contributed by atoms with E-state index >= 15 is 0 Å². The predicted molar refractivity (Wildman–Crippen MR) is 96.7 cm³/mol. The Morgan fingerprint density at radius 2 is 2.07 bits per heavy atom. The number of nitrogens with two attached hydrogens (primary N) is 1. The van der Waals surface area contributed by atoms with E-state index in [1.807, 2.05) is 13.8 Å². The number of rotatable bonds is 8. The van der Waals surface area contributed by atoms with Crippen LogP contribution in [0.3, 0.4) is 0 Å². The van der Waals surface area contributed by atoms with Crippen LogP contribution >= 0.6 is 0 Å². The van der Waals surface area contributed by atoms with E-state index in [0.29, 0.717) is 23.8 Å². The molecule has 1 aromatic carbocycles. The number of halogens is 2. The molecule has 0 saturated carbocycles. The van der Waals surface area contributed by atoms with Crippen LogP contribution in [0.15, 0.2) is 39.7 Å². The van der Waals surface area contributed by atoms with Crippen LogP contribution in [-0.4, -0.2) is 25.0 Å². The van der Waals surface area contributed by atoms with Crippen LogP contribution in [0.2, 0.25) is 0 Å². The molecule has 1 amide bonds. The molecule has 1 aromatic heterocycles. The second kappa shape index (κ2) is 9.56. The summed E-state index contributed by atoms with van der Waals surface area (Å²) in [7, 11) is 0. The van der Waals surface area contributed by atoms with Crippen molar-refractivity contribution >= 4 is 11.9 Å². The maximum atomic E-state index is 12.6. The summed E-state index contributed by atoms with van der Waals surface area (Å²) in [5.41, 5.74) is 6.60. The number of primary amides is 1. The number of aliphatic imine (C=N–C) groups is 1. The number of carbonyl (C=O) groups is 1. The minimum Gasteiger partial charge on any atom is -0.454 e. The van der Waals surface area contributed by atoms with Crippen LogP contribution in [0, 0.1) is 6.92 Å². The summed E-state index contributed by atoms with van der Waals surface area (Å²) in [6.07, 6.45) is 0. The van der Waals surface area contributed by atoms with Crippen molar-refractivity contribution in [1.82, 2.24) is 10.6 Å². The largest absolute Gasteiger partial charge is 0.454 e. The summed E-state index contributed by atoms with van der Waals surface area (Å²) in [6.45, 7) is 1.87. The van der Waals surface area contributed by atoms with Crippen LogP contribution in [0.5, 0.6) is 5.75 Å². The second-order valence-electron chi connectivity index (χ2n) is 5.67. The van der Waals surface area contributed by atoms with Crippen molar-refractivity contribution in [2.75, 3.05) is 6.54 Å². The third-order valence-electron chi connectivity index (χ3n) is 3.52. The van der Waals surface area contributed by atoms with Gasteiger partial charge in [0.05, 0.1) is 13.1 Å². The number of nitrogens with one attached hydrogen (secondary N) is 2. The Morgan fingerprint density at radius 1 is 1.30 bits per heavy atom. The van der Waals surface area contributed by atoms with Crippen LogP contribution in [0.4, 0.5) is 8.78 Å². The number of aryl methyl sites for hydroxylation is 1. The normalized spacial score (nSPS) is 11.5. The number of hydrogen-bond acceptors (Lipinski definition) is 4. The number of alkyl halides is 2. The number of nitrogens with zero attached hydrogens (tertiary/aromatic N) is 1. The molecule has 0 spiro atoms. The molecule has 0 atom stereocenters. The Balaban J connectivity index is 2.08. The van der Waals surface area contributed by atoms with E-state index in [0.717, 1.165) is 5.56 Å². The summed E-state index contributed by atoms with van der Waals surface area (Å²) in [5.74, 6) is 0.480. The van der Waals surface area contributed by atoms with Crippen molar-refractivity contribution in [3.8, 4) is 5.75 Å². The highest BCUT2D eigenvalue weighted by molar-refractivity contribution is 5.89. The Kier molecular flexibility index (Phi) is 7.16. The maximum absolute atomic E-state index is 12.6. The summed E-state index contributed by atoms with van der Waals surface area (Å²) in [6, 6.07) is 8.06. The van der Waals surface area contributed by atoms with Crippen molar-refractivity contribution < 1.29 is 22.7 Å². The molecule has 0 unspecified atom stereocenters. The number of benzene rings is 1. The van der Waals surface area contributed by atoms with E-state index in [4.69, 9.17) is 10.2 Å². The number of guanidine groups is 1. The van der Waals surface area contributed by atoms with E-state index in [2.05, 4.69) is 20.4 Å². The summed E-state index contributed by atoms with van der Waals surface area (Å²) >= 11 is 0. The molecule has 2 aromatic rings. The Bertz CT molecular complexity index is 806. The van der Waals surface area contributed by atoms with Gasteiger partial charge < -0.3 is 25.5 Å². The lowest BCUT2D eigenvalue weighted by molar-refractivity contribution is -0.0504. The summed E-state index contributed by atoms with van der Waals surface area (Å²) in [5, 5.41) is 6.08. The van der Waals surface area contributed by atoms with Gasteiger partial charge in [0.25, 0.3) is 5.91 Å². The Labute approximate surface area is 155 Å². The lowest BCUT2D eigenvalue weighted by atomic mass is 10.1. The van der Waals surface area contributed by atoms with Gasteiger partial charge in [-0.25, -0.2) is 4.99 Å². The van der Waals surface area contributed by atoms with Crippen LogP contribution in [0.1, 0.15) is 34.4 Å². The molecular weight excluding hydrogens is 358 g/mol. The van der Waals surface area contributed by atoms with Gasteiger partial charge in [-0.2, -0.15) is 8.78 Å². The van der Waals surface area contributed by atoms with Crippen molar-refractivity contribution in [2.45, 2.75) is 33.5 Å². The van der Waals surface area contributed by atoms with Gasteiger partial charge in [0, 0.05) is 12.1 Å². The van der Waals surface area contributed by atoms with E-state index in [9.17, 15) is 13.6 Å². The molecule has 27 heavy (non-hydrogen) atoms. The van der Waals surface area contributed by atoms with Gasteiger partial charge in [0.15, 0.2) is 11.7 Å². The Morgan fingerprint density at radius 3 is 2.70 bits per heavy atom. The second-order valence-corrected chi connectivity index (χ2v) is 5.67. The first-order valence-corrected chi connectivity index (χ1v) is 8.34. The molecule has 7 nitrogen and oxygen atoms in total. The van der Waals surface area contributed by atoms with Gasteiger partial charge in [-0.15, -0.1) is 0 Å². The highest BCUT2D eigenvalue weighted by Crippen LogP contribution is 2.22. The van der Waals surface area contributed by atoms with Crippen LogP contribution < -0.4 is 21.1 Å². The molecule has 4 N–H and O–H groups in total. The van der Waals surface area contributed by atoms with E-state index in [1.165, 1.54) is 12.1 Å². The topological polar surface area (TPSA) is 102 Å². The van der Waals surface area contributed by atoms with Gasteiger partial charge >= 0.3 is 6.61 Å². The average molecular weight is 380 g/mol. The standard InChI is InChI=1S/C18H22F2N4O3/c1-3-22-18(24-10-13-5-7-15(26-13)16(21)25)23-9-12-8-11(2)4-6-14(12)27-17(19)20/h4-8,17H,3,9-10H2,1-2H3,(H2,21,25)(H2,22,23,24). The maximum Gasteiger partial charge on any atom is 0.387 e. The number of carbonyl (C=O) groups excluding carboxylic acids is 1. The molecule has 2 rings (SSSR count). The van der Waals surface area contributed by atoms with Crippen molar-refractivity contribution in [1.29, 1.82) is 0 Å². The Hall–Kier alpha value is -3.10. The van der Waals surface area contributed by atoms with Gasteiger partial charge in [-0.05, 0) is 32.0 Å². The lowest BCUT2D eigenvalue weighted by Crippen LogP contribution is -2.36. The quantitative estimate of drug-likeness (QED) is 0.483. The first kappa shape index (κ1) is 20.2. The zero-order valence-electron chi connectivity index (χ0n) is 15.1. The van der Waals surface area contributed by atoms with Gasteiger partial charge in [0.2, 0.25) is 0 Å². The fourth-order valence-electron chi connectivity index (χ4n) is 2.32. The molecule has 146 valence electrons. The van der Waals surface area contributed by atoms with E-state index < -0.39 is 12.5 Å². The third-order valence-corrected chi connectivity index (χ3v) is 3.52. The van der Waals surface area contributed by atoms with Crippen molar-refractivity contribution in [2.24, 2.45) is 10.7 Å². The van der Waals surface area contributed by atoms with Gasteiger partial charge in [0.1, 0.15) is 11.5 Å².